The molecule has 5 aliphatic rings. The lowest BCUT2D eigenvalue weighted by molar-refractivity contribution is -0.245. The van der Waals surface area contributed by atoms with Gasteiger partial charge in [-0.2, -0.15) is 0 Å². The predicted octanol–water partition coefficient (Wildman–Crippen LogP) is 8.81. The van der Waals surface area contributed by atoms with Gasteiger partial charge in [0.25, 0.3) is 0 Å². The minimum Gasteiger partial charge on any atom is -0.0847 e. The average Bonchev–Trinajstić information content (AvgIpc) is 2.95. The number of hydrogen-bond donors (Lipinski definition) is 0. The van der Waals surface area contributed by atoms with Crippen LogP contribution in [0.2, 0.25) is 0 Å². The molecule has 5 rings (SSSR count). The van der Waals surface area contributed by atoms with Gasteiger partial charge in [0.05, 0.1) is 0 Å². The molecule has 0 heteroatoms. The van der Waals surface area contributed by atoms with Crippen LogP contribution < -0.4 is 0 Å². The van der Waals surface area contributed by atoms with Crippen LogP contribution in [0.25, 0.3) is 0 Å². The van der Waals surface area contributed by atoms with E-state index in [4.69, 9.17) is 0 Å². The highest BCUT2D eigenvalue weighted by molar-refractivity contribution is 5.27. The normalized spacial score (nSPS) is 58.5. The van der Waals surface area contributed by atoms with Gasteiger partial charge in [-0.15, -0.1) is 0 Å². The smallest absolute Gasteiger partial charge is 0.00826 e. The summed E-state index contributed by atoms with van der Waals surface area (Å²) < 4.78 is 0. The van der Waals surface area contributed by atoms with Gasteiger partial charge in [0.1, 0.15) is 0 Å². The van der Waals surface area contributed by atoms with Crippen molar-refractivity contribution >= 4 is 0 Å². The van der Waals surface area contributed by atoms with Crippen LogP contribution in [0.4, 0.5) is 0 Å². The zero-order chi connectivity index (χ0) is 21.1. The molecule has 0 unspecified atom stereocenters. The molecule has 8 atom stereocenters. The average molecular weight is 397 g/mol. The quantitative estimate of drug-likeness (QED) is 0.359. The van der Waals surface area contributed by atoms with Crippen molar-refractivity contribution in [3.8, 4) is 0 Å². The van der Waals surface area contributed by atoms with Crippen LogP contribution in [0.1, 0.15) is 120 Å². The van der Waals surface area contributed by atoms with E-state index in [0.717, 1.165) is 17.8 Å². The second-order valence-corrected chi connectivity index (χ2v) is 14.6. The van der Waals surface area contributed by atoms with Gasteiger partial charge >= 0.3 is 0 Å². The lowest BCUT2D eigenvalue weighted by Crippen LogP contribution is -2.66. The van der Waals surface area contributed by atoms with Crippen molar-refractivity contribution in [3.05, 3.63) is 11.6 Å². The van der Waals surface area contributed by atoms with Crippen molar-refractivity contribution in [3.63, 3.8) is 0 Å². The third kappa shape index (κ3) is 2.39. The Hall–Kier alpha value is -0.260. The maximum Gasteiger partial charge on any atom is -0.00826 e. The van der Waals surface area contributed by atoms with Gasteiger partial charge in [-0.1, -0.05) is 60.1 Å². The Balaban J connectivity index is 1.55. The van der Waals surface area contributed by atoms with E-state index in [-0.39, 0.29) is 0 Å². The minimum atomic E-state index is 0.491. The molecule has 0 heterocycles. The highest BCUT2D eigenvalue weighted by Gasteiger charge is 2.70. The van der Waals surface area contributed by atoms with Gasteiger partial charge in [-0.3, -0.25) is 0 Å². The first-order chi connectivity index (χ1) is 13.3. The molecule has 0 bridgehead atoms. The Labute approximate surface area is 181 Å². The molecule has 4 saturated carbocycles. The largest absolute Gasteiger partial charge is 0.0847 e. The summed E-state index contributed by atoms with van der Waals surface area (Å²) in [5, 5.41) is 0. The summed E-state index contributed by atoms with van der Waals surface area (Å²) in [7, 11) is 0. The van der Waals surface area contributed by atoms with Crippen molar-refractivity contribution < 1.29 is 0 Å². The second-order valence-electron chi connectivity index (χ2n) is 14.6. The van der Waals surface area contributed by atoms with Crippen LogP contribution in [0.3, 0.4) is 0 Å². The lowest BCUT2D eigenvalue weighted by atomic mass is 9.31. The number of hydrogen-bond acceptors (Lipinski definition) is 0. The third-order valence-corrected chi connectivity index (χ3v) is 13.1. The summed E-state index contributed by atoms with van der Waals surface area (Å²) in [5.74, 6) is 2.76. The van der Waals surface area contributed by atoms with E-state index in [1.165, 1.54) is 64.2 Å². The van der Waals surface area contributed by atoms with Crippen LogP contribution >= 0.6 is 0 Å². The summed E-state index contributed by atoms with van der Waals surface area (Å²) in [4.78, 5) is 0. The molecule has 5 aliphatic carbocycles. The zero-order valence-electron chi connectivity index (χ0n) is 20.9. The molecular formula is C29H48. The molecule has 0 aromatic rings. The Morgan fingerprint density at radius 2 is 1.31 bits per heavy atom. The highest BCUT2D eigenvalue weighted by atomic mass is 14.7. The van der Waals surface area contributed by atoms with Gasteiger partial charge < -0.3 is 0 Å². The first kappa shape index (κ1) is 20.6. The summed E-state index contributed by atoms with van der Waals surface area (Å²) in [6, 6.07) is 0. The molecule has 0 aliphatic heterocycles. The lowest BCUT2D eigenvalue weighted by Gasteiger charge is -2.74. The van der Waals surface area contributed by atoms with Gasteiger partial charge in [-0.05, 0) is 121 Å². The number of fused-ring (bicyclic) bond motifs is 7. The fourth-order valence-electron chi connectivity index (χ4n) is 10.6. The maximum absolute atomic E-state index is 2.79. The molecule has 0 amide bonds. The molecule has 0 aromatic carbocycles. The Bertz CT molecular complexity index is 743. The minimum absolute atomic E-state index is 0.491. The fraction of sp³-hybridized carbons (Fsp3) is 0.931. The van der Waals surface area contributed by atoms with Crippen molar-refractivity contribution in [1.82, 2.24) is 0 Å². The molecule has 0 spiro atoms. The highest BCUT2D eigenvalue weighted by Crippen LogP contribution is 2.78. The van der Waals surface area contributed by atoms with Crippen LogP contribution in [-0.2, 0) is 0 Å². The van der Waals surface area contributed by atoms with E-state index in [9.17, 15) is 0 Å². The molecule has 0 N–H and O–H groups in total. The van der Waals surface area contributed by atoms with Crippen molar-refractivity contribution in [2.75, 3.05) is 0 Å². The molecular weight excluding hydrogens is 348 g/mol. The van der Waals surface area contributed by atoms with Gasteiger partial charge in [-0.25, -0.2) is 0 Å². The maximum atomic E-state index is 2.79. The summed E-state index contributed by atoms with van der Waals surface area (Å²) in [5.41, 5.74) is 4.98. The van der Waals surface area contributed by atoms with Crippen LogP contribution in [0, 0.1) is 50.2 Å². The van der Waals surface area contributed by atoms with E-state index >= 15 is 0 Å². The van der Waals surface area contributed by atoms with Gasteiger partial charge in [0.2, 0.25) is 0 Å². The van der Waals surface area contributed by atoms with Crippen molar-refractivity contribution in [1.29, 1.82) is 0 Å². The van der Waals surface area contributed by atoms with E-state index < -0.39 is 0 Å². The van der Waals surface area contributed by atoms with E-state index in [1.807, 2.05) is 0 Å². The Kier molecular flexibility index (Phi) is 4.09. The molecule has 164 valence electrons. The van der Waals surface area contributed by atoms with E-state index in [1.54, 1.807) is 5.57 Å². The fourth-order valence-corrected chi connectivity index (χ4v) is 10.6. The number of rotatable bonds is 0. The SMILES string of the molecule is CC1=CC[C@H]2[C@]3(C)CC[C@@]4(C)[C@H]5CC(C)(C)CC[C@]5(C)CC[C@]4(C)[C@H]3CC[C@]12C. The molecule has 0 nitrogen and oxygen atoms in total. The van der Waals surface area contributed by atoms with Crippen molar-refractivity contribution in [2.45, 2.75) is 120 Å². The summed E-state index contributed by atoms with van der Waals surface area (Å²) in [6.45, 7) is 21.2. The molecule has 0 radical (unpaired) electrons. The van der Waals surface area contributed by atoms with Crippen LogP contribution in [0.15, 0.2) is 11.6 Å². The van der Waals surface area contributed by atoms with E-state index in [0.29, 0.717) is 32.5 Å². The number of allylic oxidation sites excluding steroid dienone is 2. The van der Waals surface area contributed by atoms with E-state index in [2.05, 4.69) is 61.5 Å². The molecule has 0 saturated heterocycles. The molecule has 0 aromatic heterocycles. The zero-order valence-corrected chi connectivity index (χ0v) is 20.9. The second kappa shape index (κ2) is 5.75. The van der Waals surface area contributed by atoms with Crippen LogP contribution in [-0.4, -0.2) is 0 Å². The summed E-state index contributed by atoms with van der Waals surface area (Å²) >= 11 is 0. The Morgan fingerprint density at radius 1 is 0.690 bits per heavy atom. The Morgan fingerprint density at radius 3 is 2.03 bits per heavy atom. The molecule has 29 heavy (non-hydrogen) atoms. The first-order valence-corrected chi connectivity index (χ1v) is 13.0. The van der Waals surface area contributed by atoms with Crippen molar-refractivity contribution in [2.24, 2.45) is 50.2 Å². The topological polar surface area (TPSA) is 0 Å². The summed E-state index contributed by atoms with van der Waals surface area (Å²) in [6.07, 6.45) is 17.2. The van der Waals surface area contributed by atoms with Gasteiger partial charge in [0.15, 0.2) is 0 Å². The van der Waals surface area contributed by atoms with Gasteiger partial charge in [0, 0.05) is 0 Å². The predicted molar refractivity (Wildman–Crippen MR) is 125 cm³/mol. The monoisotopic (exact) mass is 396 g/mol. The first-order valence-electron chi connectivity index (χ1n) is 13.0. The van der Waals surface area contributed by atoms with Crippen LogP contribution in [0.5, 0.6) is 0 Å². The molecule has 4 fully saturated rings. The standard InChI is InChI=1S/C29H48/c1-20-9-10-21-26(20,5)12-11-22-27(21,6)16-18-29(8)23-19-24(2,3)13-14-25(23,4)15-17-28(22,29)7/h9,21-23H,10-19H2,1-8H3/t21-,22+,23+,25-,26-,27+,28-,29+/m1/s1. The third-order valence-electron chi connectivity index (χ3n) is 13.1.